The zero-order valence-corrected chi connectivity index (χ0v) is 9.77. The Hall–Kier alpha value is -0.810. The van der Waals surface area contributed by atoms with E-state index in [1.807, 2.05) is 0 Å². The topological polar surface area (TPSA) is 59.1 Å². The first-order chi connectivity index (χ1) is 6.93. The van der Waals surface area contributed by atoms with Gasteiger partial charge in [0.25, 0.3) is 0 Å². The van der Waals surface area contributed by atoms with E-state index in [0.717, 1.165) is 0 Å². The molecule has 1 heterocycles. The van der Waals surface area contributed by atoms with Crippen LogP contribution in [0.1, 0.15) is 19.8 Å². The highest BCUT2D eigenvalue weighted by Crippen LogP contribution is 2.43. The van der Waals surface area contributed by atoms with E-state index in [9.17, 15) is 8.42 Å². The van der Waals surface area contributed by atoms with Gasteiger partial charge in [0.1, 0.15) is 11.0 Å². The molecule has 0 bridgehead atoms. The van der Waals surface area contributed by atoms with Crippen molar-refractivity contribution in [3.8, 4) is 0 Å². The molecule has 15 heavy (non-hydrogen) atoms. The van der Waals surface area contributed by atoms with Crippen LogP contribution in [0.5, 0.6) is 0 Å². The molecule has 2 rings (SSSR count). The zero-order chi connectivity index (χ0) is 11.1. The van der Waals surface area contributed by atoms with Crippen LogP contribution in [-0.4, -0.2) is 18.1 Å². The largest absolute Gasteiger partial charge is 0.267 e. The SMILES string of the molecule is CC1(S(=O)(=O)Nc2cccc(Cl)n2)CC1. The van der Waals surface area contributed by atoms with Crippen molar-refractivity contribution >= 4 is 27.4 Å². The minimum absolute atomic E-state index is 0.274. The molecular weight excluding hydrogens is 236 g/mol. The highest BCUT2D eigenvalue weighted by atomic mass is 35.5. The second-order valence-electron chi connectivity index (χ2n) is 3.90. The number of rotatable bonds is 3. The maximum atomic E-state index is 11.8. The lowest BCUT2D eigenvalue weighted by atomic mass is 10.5. The standard InChI is InChI=1S/C9H11ClN2O2S/c1-9(5-6-9)15(13,14)12-8-4-2-3-7(10)11-8/h2-4H,5-6H2,1H3,(H,11,12). The van der Waals surface area contributed by atoms with E-state index in [1.165, 1.54) is 0 Å². The molecule has 1 fully saturated rings. The summed E-state index contributed by atoms with van der Waals surface area (Å²) in [6.45, 7) is 1.72. The highest BCUT2D eigenvalue weighted by molar-refractivity contribution is 7.94. The quantitative estimate of drug-likeness (QED) is 0.831. The Morgan fingerprint density at radius 2 is 2.13 bits per heavy atom. The smallest absolute Gasteiger partial charge is 0.239 e. The van der Waals surface area contributed by atoms with Crippen LogP contribution in [0.4, 0.5) is 5.82 Å². The third-order valence-corrected chi connectivity index (χ3v) is 4.95. The molecule has 0 unspecified atom stereocenters. The lowest BCUT2D eigenvalue weighted by Crippen LogP contribution is -2.27. The van der Waals surface area contributed by atoms with Crippen LogP contribution in [0.3, 0.4) is 0 Å². The number of aromatic nitrogens is 1. The minimum atomic E-state index is -3.33. The van der Waals surface area contributed by atoms with Gasteiger partial charge in [-0.15, -0.1) is 0 Å². The third-order valence-electron chi connectivity index (χ3n) is 2.56. The summed E-state index contributed by atoms with van der Waals surface area (Å²) in [7, 11) is -3.33. The number of halogens is 1. The Kier molecular flexibility index (Phi) is 2.39. The number of sulfonamides is 1. The second kappa shape index (κ2) is 3.35. The Bertz CT molecular complexity index is 483. The number of hydrogen-bond acceptors (Lipinski definition) is 3. The zero-order valence-electron chi connectivity index (χ0n) is 8.20. The van der Waals surface area contributed by atoms with E-state index in [0.29, 0.717) is 12.8 Å². The molecule has 1 N–H and O–H groups in total. The van der Waals surface area contributed by atoms with Gasteiger partial charge in [0.15, 0.2) is 0 Å². The predicted octanol–water partition coefficient (Wildman–Crippen LogP) is 2.03. The van der Waals surface area contributed by atoms with Gasteiger partial charge in [-0.2, -0.15) is 0 Å². The first kappa shape index (κ1) is 10.7. The normalized spacial score (nSPS) is 18.5. The molecular formula is C9H11ClN2O2S. The molecule has 0 radical (unpaired) electrons. The fraction of sp³-hybridized carbons (Fsp3) is 0.444. The molecule has 6 heteroatoms. The van der Waals surface area contributed by atoms with Crippen molar-refractivity contribution in [3.63, 3.8) is 0 Å². The molecule has 82 valence electrons. The molecule has 0 atom stereocenters. The van der Waals surface area contributed by atoms with Crippen LogP contribution in [0.2, 0.25) is 5.15 Å². The summed E-state index contributed by atoms with van der Waals surface area (Å²) < 4.78 is 25.4. The molecule has 1 saturated carbocycles. The first-order valence-corrected chi connectivity index (χ1v) is 6.44. The predicted molar refractivity (Wildman–Crippen MR) is 59.4 cm³/mol. The summed E-state index contributed by atoms with van der Waals surface area (Å²) in [6.07, 6.45) is 1.39. The molecule has 1 aliphatic carbocycles. The molecule has 0 amide bonds. The van der Waals surface area contributed by atoms with Gasteiger partial charge in [-0.05, 0) is 31.9 Å². The van der Waals surface area contributed by atoms with E-state index in [1.54, 1.807) is 25.1 Å². The summed E-state index contributed by atoms with van der Waals surface area (Å²) >= 11 is 5.66. The van der Waals surface area contributed by atoms with Crippen LogP contribution in [0, 0.1) is 0 Å². The molecule has 1 aromatic heterocycles. The van der Waals surface area contributed by atoms with Gasteiger partial charge in [-0.1, -0.05) is 17.7 Å². The lowest BCUT2D eigenvalue weighted by Gasteiger charge is -2.12. The molecule has 0 aromatic carbocycles. The van der Waals surface area contributed by atoms with Crippen molar-refractivity contribution in [2.24, 2.45) is 0 Å². The fourth-order valence-electron chi connectivity index (χ4n) is 1.17. The van der Waals surface area contributed by atoms with Crippen molar-refractivity contribution in [1.29, 1.82) is 0 Å². The fourth-order valence-corrected chi connectivity index (χ4v) is 2.61. The number of hydrogen-bond donors (Lipinski definition) is 1. The summed E-state index contributed by atoms with van der Waals surface area (Å²) in [6, 6.07) is 4.83. The number of pyridine rings is 1. The van der Waals surface area contributed by atoms with Gasteiger partial charge in [0.2, 0.25) is 10.0 Å². The maximum Gasteiger partial charge on any atom is 0.239 e. The van der Waals surface area contributed by atoms with Gasteiger partial charge in [0, 0.05) is 0 Å². The molecule has 1 aromatic rings. The molecule has 4 nitrogen and oxygen atoms in total. The maximum absolute atomic E-state index is 11.8. The van der Waals surface area contributed by atoms with E-state index in [4.69, 9.17) is 11.6 Å². The average molecular weight is 247 g/mol. The van der Waals surface area contributed by atoms with Crippen molar-refractivity contribution < 1.29 is 8.42 Å². The Morgan fingerprint density at radius 1 is 1.47 bits per heavy atom. The van der Waals surface area contributed by atoms with E-state index < -0.39 is 14.8 Å². The monoisotopic (exact) mass is 246 g/mol. The highest BCUT2D eigenvalue weighted by Gasteiger charge is 2.50. The lowest BCUT2D eigenvalue weighted by molar-refractivity contribution is 0.587. The third kappa shape index (κ3) is 2.08. The molecule has 1 aliphatic rings. The summed E-state index contributed by atoms with van der Waals surface area (Å²) in [5.74, 6) is 0.274. The van der Waals surface area contributed by atoms with Gasteiger partial charge >= 0.3 is 0 Å². The van der Waals surface area contributed by atoms with Gasteiger partial charge < -0.3 is 0 Å². The molecule has 0 saturated heterocycles. The Labute approximate surface area is 93.7 Å². The van der Waals surface area contributed by atoms with Crippen molar-refractivity contribution in [2.75, 3.05) is 4.72 Å². The van der Waals surface area contributed by atoms with Gasteiger partial charge in [-0.25, -0.2) is 13.4 Å². The Morgan fingerprint density at radius 3 is 2.67 bits per heavy atom. The van der Waals surface area contributed by atoms with Crippen molar-refractivity contribution in [2.45, 2.75) is 24.5 Å². The number of nitrogens with zero attached hydrogens (tertiary/aromatic N) is 1. The van der Waals surface area contributed by atoms with E-state index in [-0.39, 0.29) is 11.0 Å². The van der Waals surface area contributed by atoms with E-state index >= 15 is 0 Å². The van der Waals surface area contributed by atoms with Crippen LogP contribution in [-0.2, 0) is 10.0 Å². The van der Waals surface area contributed by atoms with Crippen LogP contribution < -0.4 is 4.72 Å². The Balaban J connectivity index is 2.22. The summed E-state index contributed by atoms with van der Waals surface area (Å²) in [5, 5.41) is 0.274. The second-order valence-corrected chi connectivity index (χ2v) is 6.48. The average Bonchev–Trinajstić information content (AvgIpc) is 2.84. The number of anilines is 1. The van der Waals surface area contributed by atoms with Crippen LogP contribution in [0.15, 0.2) is 18.2 Å². The van der Waals surface area contributed by atoms with Crippen molar-refractivity contribution in [3.05, 3.63) is 23.4 Å². The minimum Gasteiger partial charge on any atom is -0.267 e. The summed E-state index contributed by atoms with van der Waals surface area (Å²) in [4.78, 5) is 3.87. The van der Waals surface area contributed by atoms with Crippen molar-refractivity contribution in [1.82, 2.24) is 4.98 Å². The van der Waals surface area contributed by atoms with E-state index in [2.05, 4.69) is 9.71 Å². The first-order valence-electron chi connectivity index (χ1n) is 4.58. The van der Waals surface area contributed by atoms with Gasteiger partial charge in [0.05, 0.1) is 4.75 Å². The van der Waals surface area contributed by atoms with Crippen LogP contribution in [0.25, 0.3) is 0 Å². The molecule has 0 spiro atoms. The van der Waals surface area contributed by atoms with Gasteiger partial charge in [-0.3, -0.25) is 4.72 Å². The van der Waals surface area contributed by atoms with Crippen LogP contribution >= 0.6 is 11.6 Å². The summed E-state index contributed by atoms with van der Waals surface area (Å²) in [5.41, 5.74) is 0. The number of nitrogens with one attached hydrogen (secondary N) is 1. The molecule has 0 aliphatic heterocycles.